The van der Waals surface area contributed by atoms with E-state index in [1.165, 1.54) is 0 Å². The Labute approximate surface area is 132 Å². The van der Waals surface area contributed by atoms with Gasteiger partial charge in [-0.2, -0.15) is 0 Å². The molecule has 1 aromatic rings. The van der Waals surface area contributed by atoms with Gasteiger partial charge in [-0.1, -0.05) is 44.0 Å². The van der Waals surface area contributed by atoms with E-state index in [1.807, 2.05) is 18.2 Å². The highest BCUT2D eigenvalue weighted by molar-refractivity contribution is 6.33. The van der Waals surface area contributed by atoms with Gasteiger partial charge in [0.2, 0.25) is 0 Å². The number of nitrogens with one attached hydrogen (secondary N) is 1. The first-order valence-corrected chi connectivity index (χ1v) is 8.18. The maximum Gasteiger partial charge on any atom is 0.0452 e. The largest absolute Gasteiger partial charge is 0.311 e. The Bertz CT molecular complexity index is 448. The number of benzene rings is 1. The van der Waals surface area contributed by atoms with Crippen LogP contribution in [0.25, 0.3) is 0 Å². The molecular formula is C16H24Cl2N2. The third kappa shape index (κ3) is 3.88. The van der Waals surface area contributed by atoms with Crippen LogP contribution in [0.4, 0.5) is 0 Å². The van der Waals surface area contributed by atoms with E-state index in [9.17, 15) is 0 Å². The molecule has 2 rings (SSSR count). The van der Waals surface area contributed by atoms with E-state index in [2.05, 4.69) is 31.0 Å². The predicted octanol–water partition coefficient (Wildman–Crippen LogP) is 4.20. The van der Waals surface area contributed by atoms with E-state index < -0.39 is 0 Å². The van der Waals surface area contributed by atoms with Gasteiger partial charge in [-0.15, -0.1) is 0 Å². The summed E-state index contributed by atoms with van der Waals surface area (Å²) < 4.78 is 0. The van der Waals surface area contributed by atoms with Gasteiger partial charge in [-0.3, -0.25) is 4.90 Å². The monoisotopic (exact) mass is 314 g/mol. The molecule has 1 N–H and O–H groups in total. The van der Waals surface area contributed by atoms with E-state index in [4.69, 9.17) is 23.2 Å². The molecule has 20 heavy (non-hydrogen) atoms. The zero-order valence-corrected chi connectivity index (χ0v) is 14.0. The molecule has 1 heterocycles. The molecule has 1 fully saturated rings. The lowest BCUT2D eigenvalue weighted by Gasteiger charge is -2.41. The summed E-state index contributed by atoms with van der Waals surface area (Å²) in [7, 11) is 0. The van der Waals surface area contributed by atoms with Crippen molar-refractivity contribution in [3.8, 4) is 0 Å². The molecule has 112 valence electrons. The zero-order chi connectivity index (χ0) is 14.7. The molecular weight excluding hydrogens is 291 g/mol. The fourth-order valence-electron chi connectivity index (χ4n) is 2.81. The maximum atomic E-state index is 6.30. The highest BCUT2D eigenvalue weighted by Crippen LogP contribution is 2.25. The van der Waals surface area contributed by atoms with Crippen molar-refractivity contribution in [3.63, 3.8) is 0 Å². The van der Waals surface area contributed by atoms with E-state index in [1.54, 1.807) is 0 Å². The summed E-state index contributed by atoms with van der Waals surface area (Å²) in [6.45, 7) is 9.79. The minimum absolute atomic E-state index is 0.552. The Kier molecular flexibility index (Phi) is 5.74. The molecule has 4 heteroatoms. The lowest BCUT2D eigenvalue weighted by Crippen LogP contribution is -2.57. The summed E-state index contributed by atoms with van der Waals surface area (Å²) in [6.07, 6.45) is 1.15. The molecule has 0 amide bonds. The van der Waals surface area contributed by atoms with Crippen LogP contribution in [0.5, 0.6) is 0 Å². The van der Waals surface area contributed by atoms with Crippen molar-refractivity contribution in [1.29, 1.82) is 0 Å². The van der Waals surface area contributed by atoms with Crippen molar-refractivity contribution in [2.75, 3.05) is 13.1 Å². The fourth-order valence-corrected chi connectivity index (χ4v) is 3.18. The van der Waals surface area contributed by atoms with Crippen molar-refractivity contribution in [1.82, 2.24) is 10.2 Å². The third-order valence-corrected chi connectivity index (χ3v) is 4.82. The van der Waals surface area contributed by atoms with Gasteiger partial charge >= 0.3 is 0 Å². The quantitative estimate of drug-likeness (QED) is 0.896. The van der Waals surface area contributed by atoms with Gasteiger partial charge in [0.15, 0.2) is 0 Å². The van der Waals surface area contributed by atoms with Crippen molar-refractivity contribution in [2.24, 2.45) is 5.92 Å². The van der Waals surface area contributed by atoms with Crippen LogP contribution in [-0.2, 0) is 6.54 Å². The molecule has 0 bridgehead atoms. The second-order valence-electron chi connectivity index (χ2n) is 5.99. The van der Waals surface area contributed by atoms with Crippen molar-refractivity contribution in [3.05, 3.63) is 33.8 Å². The summed E-state index contributed by atoms with van der Waals surface area (Å²) in [4.78, 5) is 2.54. The molecule has 2 nitrogen and oxygen atoms in total. The minimum Gasteiger partial charge on any atom is -0.311 e. The van der Waals surface area contributed by atoms with Crippen LogP contribution in [0, 0.1) is 5.92 Å². The maximum absolute atomic E-state index is 6.30. The van der Waals surface area contributed by atoms with Crippen molar-refractivity contribution >= 4 is 23.2 Å². The standard InChI is InChI=1S/C16H24Cl2N2/c1-4-14-8-19-16(11(2)3)10-20(14)9-12-7-13(17)5-6-15(12)18/h5-7,11,14,16,19H,4,8-10H2,1-3H3. The smallest absolute Gasteiger partial charge is 0.0452 e. The summed E-state index contributed by atoms with van der Waals surface area (Å²) in [6, 6.07) is 6.85. The van der Waals surface area contributed by atoms with Gasteiger partial charge in [0.1, 0.15) is 0 Å². The summed E-state index contributed by atoms with van der Waals surface area (Å²) >= 11 is 12.4. The number of halogens is 2. The lowest BCUT2D eigenvalue weighted by atomic mass is 9.98. The van der Waals surface area contributed by atoms with E-state index in [-0.39, 0.29) is 0 Å². The average molecular weight is 315 g/mol. The second kappa shape index (κ2) is 7.13. The summed E-state index contributed by atoms with van der Waals surface area (Å²) in [5, 5.41) is 5.23. The van der Waals surface area contributed by atoms with Crippen LogP contribution in [0.1, 0.15) is 32.8 Å². The van der Waals surface area contributed by atoms with Gasteiger partial charge in [0, 0.05) is 41.8 Å². The molecule has 2 atom stereocenters. The van der Waals surface area contributed by atoms with E-state index >= 15 is 0 Å². The van der Waals surface area contributed by atoms with Crippen LogP contribution >= 0.6 is 23.2 Å². The van der Waals surface area contributed by atoms with Crippen LogP contribution < -0.4 is 5.32 Å². The molecule has 0 radical (unpaired) electrons. The molecule has 1 saturated heterocycles. The van der Waals surface area contributed by atoms with Crippen LogP contribution in [-0.4, -0.2) is 30.1 Å². The average Bonchev–Trinajstić information content (AvgIpc) is 2.42. The number of rotatable bonds is 4. The Morgan fingerprint density at radius 3 is 2.75 bits per heavy atom. The van der Waals surface area contributed by atoms with E-state index in [0.29, 0.717) is 18.0 Å². The first-order valence-electron chi connectivity index (χ1n) is 7.42. The van der Waals surface area contributed by atoms with Crippen LogP contribution in [0.2, 0.25) is 10.0 Å². The third-order valence-electron chi connectivity index (χ3n) is 4.22. The Hall–Kier alpha value is -0.280. The van der Waals surface area contributed by atoms with Crippen LogP contribution in [0.3, 0.4) is 0 Å². The van der Waals surface area contributed by atoms with E-state index in [0.717, 1.165) is 41.7 Å². The highest BCUT2D eigenvalue weighted by atomic mass is 35.5. The number of hydrogen-bond donors (Lipinski definition) is 1. The van der Waals surface area contributed by atoms with Crippen molar-refractivity contribution in [2.45, 2.75) is 45.8 Å². The molecule has 0 saturated carbocycles. The Morgan fingerprint density at radius 2 is 2.10 bits per heavy atom. The molecule has 0 aromatic heterocycles. The number of piperazine rings is 1. The van der Waals surface area contributed by atoms with Gasteiger partial charge in [-0.05, 0) is 36.1 Å². The molecule has 2 unspecified atom stereocenters. The fraction of sp³-hybridized carbons (Fsp3) is 0.625. The molecule has 1 aliphatic rings. The summed E-state index contributed by atoms with van der Waals surface area (Å²) in [5.74, 6) is 0.644. The van der Waals surface area contributed by atoms with Crippen molar-refractivity contribution < 1.29 is 0 Å². The molecule has 1 aliphatic heterocycles. The van der Waals surface area contributed by atoms with Gasteiger partial charge < -0.3 is 5.32 Å². The van der Waals surface area contributed by atoms with Crippen LogP contribution in [0.15, 0.2) is 18.2 Å². The Morgan fingerprint density at radius 1 is 1.35 bits per heavy atom. The second-order valence-corrected chi connectivity index (χ2v) is 6.83. The van der Waals surface area contributed by atoms with Gasteiger partial charge in [0.25, 0.3) is 0 Å². The zero-order valence-electron chi connectivity index (χ0n) is 12.5. The number of nitrogens with zero attached hydrogens (tertiary/aromatic N) is 1. The first-order chi connectivity index (χ1) is 9.51. The van der Waals surface area contributed by atoms with Gasteiger partial charge in [0.05, 0.1) is 0 Å². The topological polar surface area (TPSA) is 15.3 Å². The highest BCUT2D eigenvalue weighted by Gasteiger charge is 2.28. The minimum atomic E-state index is 0.552. The first kappa shape index (κ1) is 16.1. The lowest BCUT2D eigenvalue weighted by molar-refractivity contribution is 0.103. The predicted molar refractivity (Wildman–Crippen MR) is 87.6 cm³/mol. The van der Waals surface area contributed by atoms with Gasteiger partial charge in [-0.25, -0.2) is 0 Å². The molecule has 0 aliphatic carbocycles. The SMILES string of the molecule is CCC1CNC(C(C)C)CN1Cc1cc(Cl)ccc1Cl. The number of hydrogen-bond acceptors (Lipinski definition) is 2. The molecule has 0 spiro atoms. The summed E-state index contributed by atoms with van der Waals surface area (Å²) in [5.41, 5.74) is 1.13. The molecule has 1 aromatic carbocycles. The Balaban J connectivity index is 2.13. The normalized spacial score (nSPS) is 24.3.